The number of hydrogen-bond donors (Lipinski definition) is 0. The Balaban J connectivity index is 2.41. The monoisotopic (exact) mass is 257 g/mol. The Morgan fingerprint density at radius 2 is 1.89 bits per heavy atom. The molecule has 0 N–H and O–H groups in total. The van der Waals surface area contributed by atoms with E-state index in [0.717, 1.165) is 16.9 Å². The van der Waals surface area contributed by atoms with Crippen LogP contribution in [0.25, 0.3) is 0 Å². The Kier molecular flexibility index (Phi) is 3.55. The predicted octanol–water partition coefficient (Wildman–Crippen LogP) is 4.62. The lowest BCUT2D eigenvalue weighted by molar-refractivity contribution is 0.477. The van der Waals surface area contributed by atoms with Crippen molar-refractivity contribution >= 4 is 11.6 Å². The molecule has 0 heterocycles. The second kappa shape index (κ2) is 5.12. The molecule has 2 aromatic rings. The van der Waals surface area contributed by atoms with Crippen molar-refractivity contribution < 1.29 is 4.74 Å². The molecule has 0 aromatic heterocycles. The molecule has 0 aliphatic heterocycles. The molecule has 0 bridgehead atoms. The molecule has 18 heavy (non-hydrogen) atoms. The van der Waals surface area contributed by atoms with Crippen LogP contribution in [-0.4, -0.2) is 0 Å². The highest BCUT2D eigenvalue weighted by Gasteiger charge is 2.08. The van der Waals surface area contributed by atoms with Gasteiger partial charge in [0.15, 0.2) is 0 Å². The van der Waals surface area contributed by atoms with E-state index in [2.05, 4.69) is 6.07 Å². The highest BCUT2D eigenvalue weighted by atomic mass is 35.5. The van der Waals surface area contributed by atoms with Crippen LogP contribution in [-0.2, 0) is 0 Å². The normalized spacial score (nSPS) is 9.89. The Morgan fingerprint density at radius 3 is 2.61 bits per heavy atom. The van der Waals surface area contributed by atoms with Crippen molar-refractivity contribution in [1.29, 1.82) is 5.26 Å². The van der Waals surface area contributed by atoms with E-state index in [1.807, 2.05) is 32.0 Å². The Morgan fingerprint density at radius 1 is 1.11 bits per heavy atom. The van der Waals surface area contributed by atoms with E-state index in [4.69, 9.17) is 21.6 Å². The number of nitriles is 1. The van der Waals surface area contributed by atoms with Crippen molar-refractivity contribution in [1.82, 2.24) is 0 Å². The van der Waals surface area contributed by atoms with Crippen LogP contribution in [0.5, 0.6) is 11.5 Å². The van der Waals surface area contributed by atoms with E-state index in [1.165, 1.54) is 0 Å². The standard InChI is InChI=1S/C15H12ClNO/c1-10-4-3-5-14(11(10)2)18-15-7-6-13(16)8-12(15)9-17/h3-8H,1-2H3. The first-order valence-corrected chi connectivity index (χ1v) is 5.93. The summed E-state index contributed by atoms with van der Waals surface area (Å²) in [5.41, 5.74) is 2.65. The molecule has 0 aliphatic carbocycles. The summed E-state index contributed by atoms with van der Waals surface area (Å²) in [6.07, 6.45) is 0. The third-order valence-corrected chi connectivity index (χ3v) is 3.07. The van der Waals surface area contributed by atoms with Gasteiger partial charge in [-0.2, -0.15) is 5.26 Å². The fraction of sp³-hybridized carbons (Fsp3) is 0.133. The molecule has 0 fully saturated rings. The maximum absolute atomic E-state index is 9.06. The zero-order chi connectivity index (χ0) is 13.1. The van der Waals surface area contributed by atoms with Gasteiger partial charge in [-0.3, -0.25) is 0 Å². The summed E-state index contributed by atoms with van der Waals surface area (Å²) in [5.74, 6) is 1.28. The smallest absolute Gasteiger partial charge is 0.145 e. The van der Waals surface area contributed by atoms with Crippen molar-refractivity contribution in [2.75, 3.05) is 0 Å². The van der Waals surface area contributed by atoms with Gasteiger partial charge in [0.25, 0.3) is 0 Å². The summed E-state index contributed by atoms with van der Waals surface area (Å²) in [6.45, 7) is 4.02. The van der Waals surface area contributed by atoms with Crippen LogP contribution in [0.15, 0.2) is 36.4 Å². The van der Waals surface area contributed by atoms with Gasteiger partial charge in [0.05, 0.1) is 5.56 Å². The number of halogens is 1. The molecule has 0 radical (unpaired) electrons. The average molecular weight is 258 g/mol. The summed E-state index contributed by atoms with van der Waals surface area (Å²) < 4.78 is 5.79. The summed E-state index contributed by atoms with van der Waals surface area (Å²) in [6, 6.07) is 12.9. The van der Waals surface area contributed by atoms with Crippen LogP contribution in [0, 0.1) is 25.2 Å². The van der Waals surface area contributed by atoms with Gasteiger partial charge >= 0.3 is 0 Å². The molecule has 90 valence electrons. The van der Waals surface area contributed by atoms with Crippen LogP contribution in [0.3, 0.4) is 0 Å². The predicted molar refractivity (Wildman–Crippen MR) is 72.2 cm³/mol. The number of benzene rings is 2. The van der Waals surface area contributed by atoms with Gasteiger partial charge in [0.1, 0.15) is 17.6 Å². The molecular weight excluding hydrogens is 246 g/mol. The molecule has 0 saturated carbocycles. The van der Waals surface area contributed by atoms with Gasteiger partial charge in [0, 0.05) is 5.02 Å². The first-order chi connectivity index (χ1) is 8.61. The summed E-state index contributed by atoms with van der Waals surface area (Å²) in [7, 11) is 0. The van der Waals surface area contributed by atoms with Crippen molar-refractivity contribution in [3.8, 4) is 17.6 Å². The number of nitrogens with zero attached hydrogens (tertiary/aromatic N) is 1. The molecule has 2 rings (SSSR count). The largest absolute Gasteiger partial charge is 0.456 e. The first kappa shape index (κ1) is 12.5. The van der Waals surface area contributed by atoms with Gasteiger partial charge in [-0.15, -0.1) is 0 Å². The average Bonchev–Trinajstić information content (AvgIpc) is 2.37. The fourth-order valence-electron chi connectivity index (χ4n) is 1.63. The van der Waals surface area contributed by atoms with E-state index in [1.54, 1.807) is 18.2 Å². The van der Waals surface area contributed by atoms with Crippen molar-refractivity contribution in [2.24, 2.45) is 0 Å². The molecule has 0 aliphatic rings. The van der Waals surface area contributed by atoms with Crippen molar-refractivity contribution in [3.05, 3.63) is 58.1 Å². The third-order valence-electron chi connectivity index (χ3n) is 2.84. The lowest BCUT2D eigenvalue weighted by atomic mass is 10.1. The van der Waals surface area contributed by atoms with Gasteiger partial charge in [-0.1, -0.05) is 23.7 Å². The van der Waals surface area contributed by atoms with Gasteiger partial charge in [0.2, 0.25) is 0 Å². The summed E-state index contributed by atoms with van der Waals surface area (Å²) >= 11 is 5.85. The number of aryl methyl sites for hydroxylation is 1. The molecule has 2 aromatic carbocycles. The van der Waals surface area contributed by atoms with Gasteiger partial charge < -0.3 is 4.74 Å². The molecule has 0 unspecified atom stereocenters. The van der Waals surface area contributed by atoms with Crippen LogP contribution in [0.2, 0.25) is 5.02 Å². The molecule has 0 saturated heterocycles. The molecule has 0 spiro atoms. The van der Waals surface area contributed by atoms with Crippen molar-refractivity contribution in [3.63, 3.8) is 0 Å². The topological polar surface area (TPSA) is 33.0 Å². The maximum atomic E-state index is 9.06. The van der Waals surface area contributed by atoms with Crippen LogP contribution >= 0.6 is 11.6 Å². The van der Waals surface area contributed by atoms with Gasteiger partial charge in [-0.25, -0.2) is 0 Å². The lowest BCUT2D eigenvalue weighted by Gasteiger charge is -2.11. The maximum Gasteiger partial charge on any atom is 0.145 e. The Hall–Kier alpha value is -1.98. The zero-order valence-electron chi connectivity index (χ0n) is 10.2. The summed E-state index contributed by atoms with van der Waals surface area (Å²) in [5, 5.41) is 9.58. The molecule has 3 heteroatoms. The second-order valence-corrected chi connectivity index (χ2v) is 4.49. The lowest BCUT2D eigenvalue weighted by Crippen LogP contribution is -1.92. The minimum Gasteiger partial charge on any atom is -0.456 e. The summed E-state index contributed by atoms with van der Waals surface area (Å²) in [4.78, 5) is 0. The Labute approximate surface area is 111 Å². The van der Waals surface area contributed by atoms with Crippen LogP contribution in [0.1, 0.15) is 16.7 Å². The van der Waals surface area contributed by atoms with E-state index in [-0.39, 0.29) is 0 Å². The van der Waals surface area contributed by atoms with Crippen LogP contribution < -0.4 is 4.74 Å². The third kappa shape index (κ3) is 2.47. The molecular formula is C15H12ClNO. The highest BCUT2D eigenvalue weighted by Crippen LogP contribution is 2.30. The van der Waals surface area contributed by atoms with E-state index in [9.17, 15) is 0 Å². The molecule has 0 amide bonds. The van der Waals surface area contributed by atoms with E-state index >= 15 is 0 Å². The molecule has 0 atom stereocenters. The number of hydrogen-bond acceptors (Lipinski definition) is 2. The van der Waals surface area contributed by atoms with E-state index in [0.29, 0.717) is 16.3 Å². The minimum atomic E-state index is 0.434. The highest BCUT2D eigenvalue weighted by molar-refractivity contribution is 6.30. The number of ether oxygens (including phenoxy) is 1. The van der Waals surface area contributed by atoms with E-state index < -0.39 is 0 Å². The zero-order valence-corrected chi connectivity index (χ0v) is 11.0. The minimum absolute atomic E-state index is 0.434. The first-order valence-electron chi connectivity index (χ1n) is 5.55. The van der Waals surface area contributed by atoms with Gasteiger partial charge in [-0.05, 0) is 49.2 Å². The van der Waals surface area contributed by atoms with Crippen LogP contribution in [0.4, 0.5) is 0 Å². The van der Waals surface area contributed by atoms with Crippen molar-refractivity contribution in [2.45, 2.75) is 13.8 Å². The fourth-order valence-corrected chi connectivity index (χ4v) is 1.80. The number of rotatable bonds is 2. The molecule has 2 nitrogen and oxygen atoms in total. The SMILES string of the molecule is Cc1cccc(Oc2ccc(Cl)cc2C#N)c1C. The Bertz CT molecular complexity index is 629. The second-order valence-electron chi connectivity index (χ2n) is 4.05. The quantitative estimate of drug-likeness (QED) is 0.786.